The number of piperidine rings is 1. The van der Waals surface area contributed by atoms with Crippen molar-refractivity contribution in [2.75, 3.05) is 53.3 Å². The molecule has 2 amide bonds. The van der Waals surface area contributed by atoms with E-state index in [1.54, 1.807) is 120 Å². The highest BCUT2D eigenvalue weighted by Gasteiger charge is 2.23. The molecular weight excluding hydrogens is 1850 g/mol. The van der Waals surface area contributed by atoms with Gasteiger partial charge in [0.2, 0.25) is 29.7 Å². The molecule has 142 heavy (non-hydrogen) atoms. The molecule has 10 aromatic carbocycles. The van der Waals surface area contributed by atoms with Crippen LogP contribution in [0, 0.1) is 18.6 Å². The molecule has 710 valence electrons. The Hall–Kier alpha value is -18.0. The smallest absolute Gasteiger partial charge is 0.335 e. The number of aromatic carboxylic acids is 3. The molecule has 0 bridgehead atoms. The highest BCUT2D eigenvalue weighted by molar-refractivity contribution is 6.31. The van der Waals surface area contributed by atoms with Gasteiger partial charge in [-0.2, -0.15) is 24.9 Å². The molecule has 11 heterocycles. The number of amides is 2. The Morgan fingerprint density at radius 2 is 0.592 bits per heavy atom. The standard InChI is InChI=1S/C25H25ClN6O.C23H23FN6O.C20H16N4O2.C19H13ClN4O2.C19H13FN4O2/c1-31-15-12-21(13-16-31)27-24(33)18-6-10-20(11-7-18)28-25-29-23-22(3-2-14-32(23)30-25)17-4-8-19(26)9-5-17;1-23(2,25)14-26-21(31)16-7-11-18(12-8-16)27-22-28-20-19(4-3-13-30(20)29-22)15-5-9-17(24)10-6-15;1-13-4-6-14(7-5-13)17-3-2-12-24-18(17)22-20(23-24)21-16-10-8-15(9-11-16)19(25)26;2*20-14-7-3-12(4-8-14)16-2-1-11-24-17(16)22-19(23-24)21-15-9-5-13(6-10-15)18(25)26/h2-11,14,21H,12-13,15-16H2,1H3,(H,27,33)(H,28,30);3-13H,14,25H2,1-2H3,(H,26,31)(H,27,29);2-12H,1H3,(H,21,23)(H,25,26);2*1-11H,(H,21,23)(H,25,26). The second-order valence-electron chi connectivity index (χ2n) is 33.7. The summed E-state index contributed by atoms with van der Waals surface area (Å²) >= 11 is 12.0. The number of pyridine rings is 5. The van der Waals surface area contributed by atoms with Crippen LogP contribution in [0.5, 0.6) is 0 Å². The Morgan fingerprint density at radius 3 is 0.845 bits per heavy atom. The van der Waals surface area contributed by atoms with E-state index in [1.165, 1.54) is 66.2 Å². The van der Waals surface area contributed by atoms with Gasteiger partial charge in [-0.05, 0) is 312 Å². The molecule has 20 aromatic rings. The van der Waals surface area contributed by atoms with E-state index < -0.39 is 23.4 Å². The highest BCUT2D eigenvalue weighted by Crippen LogP contribution is 2.34. The number of benzene rings is 10. The molecule has 1 fully saturated rings. The van der Waals surface area contributed by atoms with Gasteiger partial charge in [0, 0.05) is 127 Å². The van der Waals surface area contributed by atoms with Gasteiger partial charge < -0.3 is 63.2 Å². The lowest BCUT2D eigenvalue weighted by Crippen LogP contribution is -2.45. The molecule has 0 saturated carbocycles. The number of carbonyl (C=O) groups is 5. The largest absolute Gasteiger partial charge is 0.478 e. The molecule has 12 N–H and O–H groups in total. The van der Waals surface area contributed by atoms with Gasteiger partial charge in [0.05, 0.1) is 16.7 Å². The van der Waals surface area contributed by atoms with Crippen molar-refractivity contribution >= 4 is 139 Å². The fraction of sp³-hybridized carbons (Fsp3) is 0.104. The Morgan fingerprint density at radius 1 is 0.352 bits per heavy atom. The number of likely N-dealkylation sites (tertiary alicyclic amines) is 1. The number of hydrogen-bond acceptors (Lipinski definition) is 22. The summed E-state index contributed by atoms with van der Waals surface area (Å²) in [5.41, 5.74) is 25.0. The van der Waals surface area contributed by atoms with Gasteiger partial charge in [-0.1, -0.05) is 102 Å². The number of hydrogen-bond donors (Lipinski definition) is 11. The summed E-state index contributed by atoms with van der Waals surface area (Å²) in [5.74, 6) is -1.54. The van der Waals surface area contributed by atoms with Gasteiger partial charge in [0.25, 0.3) is 11.8 Å². The predicted molar refractivity (Wildman–Crippen MR) is 545 cm³/mol. The number of anilines is 10. The molecule has 0 radical (unpaired) electrons. The lowest BCUT2D eigenvalue weighted by molar-refractivity contribution is 0.0686. The van der Waals surface area contributed by atoms with Crippen molar-refractivity contribution in [2.45, 2.75) is 45.2 Å². The molecule has 10 aromatic heterocycles. The summed E-state index contributed by atoms with van der Waals surface area (Å²) in [6.07, 6.45) is 11.1. The van der Waals surface area contributed by atoms with Crippen molar-refractivity contribution in [3.05, 3.63) is 389 Å². The van der Waals surface area contributed by atoms with Crippen LogP contribution >= 0.6 is 23.2 Å². The minimum Gasteiger partial charge on any atom is -0.478 e. The van der Waals surface area contributed by atoms with Gasteiger partial charge in [-0.15, -0.1) is 25.5 Å². The molecular formula is C106H90Cl2F2N24O8. The number of carbonyl (C=O) groups excluding carboxylic acids is 2. The summed E-state index contributed by atoms with van der Waals surface area (Å²) in [6.45, 7) is 8.17. The van der Waals surface area contributed by atoms with Crippen LogP contribution in [0.3, 0.4) is 0 Å². The molecule has 0 spiro atoms. The first kappa shape index (κ1) is 95.7. The third kappa shape index (κ3) is 24.1. The van der Waals surface area contributed by atoms with E-state index in [9.17, 15) is 32.8 Å². The van der Waals surface area contributed by atoms with Crippen LogP contribution in [0.15, 0.2) is 334 Å². The van der Waals surface area contributed by atoms with Gasteiger partial charge in [0.1, 0.15) is 11.6 Å². The fourth-order valence-electron chi connectivity index (χ4n) is 15.1. The van der Waals surface area contributed by atoms with Crippen molar-refractivity contribution < 1.29 is 48.1 Å². The molecule has 32 nitrogen and oxygen atoms in total. The summed E-state index contributed by atoms with van der Waals surface area (Å²) < 4.78 is 34.9. The molecule has 0 unspecified atom stereocenters. The lowest BCUT2D eigenvalue weighted by Gasteiger charge is -2.29. The van der Waals surface area contributed by atoms with Crippen LogP contribution in [-0.2, 0) is 0 Å². The minimum absolute atomic E-state index is 0.0328. The maximum absolute atomic E-state index is 13.3. The molecule has 21 rings (SSSR count). The predicted octanol–water partition coefficient (Wildman–Crippen LogP) is 21.0. The normalized spacial score (nSPS) is 11.9. The van der Waals surface area contributed by atoms with Gasteiger partial charge in [-0.3, -0.25) is 9.59 Å². The highest BCUT2D eigenvalue weighted by atomic mass is 35.5. The SMILES string of the molecule is CC(C)(N)CNC(=O)c1ccc(Nc2nc3c(-c4ccc(F)cc4)cccn3n2)cc1.CN1CCC(NC(=O)c2ccc(Nc3nc4c(-c5ccc(Cl)cc5)cccn4n3)cc2)CC1.Cc1ccc(-c2cccn3nc(Nc4ccc(C(=O)O)cc4)nc23)cc1.O=C(O)c1ccc(Nc2nc3c(-c4ccc(Cl)cc4)cccn3n2)cc1.O=C(O)c1ccc(Nc2nc3c(-c4ccc(F)cc4)cccn3n2)cc1. The van der Waals surface area contributed by atoms with Crippen molar-refractivity contribution in [3.63, 3.8) is 0 Å². The number of carboxylic acids is 3. The zero-order valence-electron chi connectivity index (χ0n) is 76.5. The maximum atomic E-state index is 13.3. The number of aryl methyl sites for hydroxylation is 1. The Labute approximate surface area is 820 Å². The number of fused-ring (bicyclic) bond motifs is 5. The Kier molecular flexibility index (Phi) is 29.1. The third-order valence-electron chi connectivity index (χ3n) is 22.5. The van der Waals surface area contributed by atoms with Crippen LogP contribution in [0.2, 0.25) is 10.0 Å². The van der Waals surface area contributed by atoms with Crippen LogP contribution < -0.4 is 43.0 Å². The van der Waals surface area contributed by atoms with Crippen molar-refractivity contribution in [1.29, 1.82) is 0 Å². The second-order valence-corrected chi connectivity index (χ2v) is 34.5. The molecule has 1 aliphatic rings. The minimum atomic E-state index is -0.980. The van der Waals surface area contributed by atoms with Gasteiger partial charge in [0.15, 0.2) is 28.2 Å². The first-order valence-electron chi connectivity index (χ1n) is 44.6. The van der Waals surface area contributed by atoms with Crippen LogP contribution in [0.4, 0.5) is 67.0 Å². The second kappa shape index (κ2) is 43.1. The number of carboxylic acid groups (broad SMARTS) is 3. The molecule has 1 saturated heterocycles. The van der Waals surface area contributed by atoms with E-state index in [0.717, 1.165) is 110 Å². The van der Waals surface area contributed by atoms with E-state index >= 15 is 0 Å². The van der Waals surface area contributed by atoms with Crippen LogP contribution in [-0.4, -0.2) is 161 Å². The molecule has 0 atom stereocenters. The van der Waals surface area contributed by atoms with E-state index in [0.29, 0.717) is 85.8 Å². The lowest BCUT2D eigenvalue weighted by atomic mass is 10.0. The summed E-state index contributed by atoms with van der Waals surface area (Å²) in [5, 5.41) is 72.1. The van der Waals surface area contributed by atoms with E-state index in [1.807, 2.05) is 166 Å². The Balaban J connectivity index is 0.000000123. The van der Waals surface area contributed by atoms with E-state index in [-0.39, 0.29) is 46.2 Å². The number of halogens is 4. The van der Waals surface area contributed by atoms with Crippen LogP contribution in [0.1, 0.15) is 84.0 Å². The summed E-state index contributed by atoms with van der Waals surface area (Å²) in [4.78, 5) is 82.8. The zero-order chi connectivity index (χ0) is 99.1. The molecule has 0 aliphatic carbocycles. The van der Waals surface area contributed by atoms with E-state index in [4.69, 9.17) is 44.3 Å². The van der Waals surface area contributed by atoms with Gasteiger partial charge >= 0.3 is 17.9 Å². The van der Waals surface area contributed by atoms with Crippen molar-refractivity contribution in [3.8, 4) is 55.6 Å². The molecule has 36 heteroatoms. The first-order chi connectivity index (χ1) is 68.6. The third-order valence-corrected chi connectivity index (χ3v) is 23.0. The number of rotatable bonds is 23. The first-order valence-corrected chi connectivity index (χ1v) is 45.4. The average Bonchev–Trinajstić information content (AvgIpc) is 1.66. The van der Waals surface area contributed by atoms with Gasteiger partial charge in [-0.25, -0.2) is 45.7 Å². The zero-order valence-corrected chi connectivity index (χ0v) is 78.0. The van der Waals surface area contributed by atoms with E-state index in [2.05, 4.69) is 131 Å². The number of nitrogens with zero attached hydrogens (tertiary/aromatic N) is 16. The monoisotopic (exact) mass is 1930 g/mol. The van der Waals surface area contributed by atoms with Crippen LogP contribution in [0.25, 0.3) is 83.9 Å². The number of nitrogens with two attached hydrogens (primary N) is 1. The topological polar surface area (TPSA) is 410 Å². The number of nitrogens with one attached hydrogen (secondary N) is 7. The summed E-state index contributed by atoms with van der Waals surface area (Å²) in [6, 6.07) is 89.0. The maximum Gasteiger partial charge on any atom is 0.335 e. The fourth-order valence-corrected chi connectivity index (χ4v) is 15.4. The average molecular weight is 1940 g/mol. The molecule has 1 aliphatic heterocycles. The Bertz CT molecular complexity index is 7480. The van der Waals surface area contributed by atoms with Crippen molar-refractivity contribution in [2.24, 2.45) is 5.73 Å². The number of aromatic nitrogens is 15. The van der Waals surface area contributed by atoms with Crippen molar-refractivity contribution in [1.82, 2.24) is 88.5 Å². The quantitative estimate of drug-likeness (QED) is 0.0283. The summed E-state index contributed by atoms with van der Waals surface area (Å²) in [7, 11) is 2.11.